The number of carbonyl (C=O) groups excluding carboxylic acids is 1. The van der Waals surface area contributed by atoms with Gasteiger partial charge >= 0.3 is 0 Å². The predicted octanol–water partition coefficient (Wildman–Crippen LogP) is 3.05. The normalized spacial score (nSPS) is 15.1. The summed E-state index contributed by atoms with van der Waals surface area (Å²) in [5, 5.41) is 0. The second kappa shape index (κ2) is 7.22. The van der Waals surface area contributed by atoms with E-state index in [1.165, 1.54) is 0 Å². The molecule has 1 aliphatic rings. The second-order valence-electron chi connectivity index (χ2n) is 4.33. The van der Waals surface area contributed by atoms with Crippen LogP contribution in [0.5, 0.6) is 11.5 Å². The van der Waals surface area contributed by atoms with Gasteiger partial charge < -0.3 is 14.4 Å². The van der Waals surface area contributed by atoms with Crippen molar-refractivity contribution in [1.82, 2.24) is 4.90 Å². The number of hydrogen-bond donors (Lipinski definition) is 0. The quantitative estimate of drug-likeness (QED) is 0.827. The maximum atomic E-state index is 12.5. The molecule has 4 nitrogen and oxygen atoms in total. The lowest BCUT2D eigenvalue weighted by Crippen LogP contribution is -2.37. The minimum absolute atomic E-state index is 0.0485. The lowest BCUT2D eigenvalue weighted by molar-refractivity contribution is 0.0772. The molecule has 0 unspecified atom stereocenters. The standard InChI is InChI=1S/C14H18BrNO3S/c1-3-19-13-11(15)8-10(9-12(13)18-2)14(17)16-4-6-20-7-5-16/h8-9H,3-7H2,1-2H3. The van der Waals surface area contributed by atoms with Crippen LogP contribution in [-0.2, 0) is 0 Å². The minimum Gasteiger partial charge on any atom is -0.493 e. The van der Waals surface area contributed by atoms with E-state index in [1.54, 1.807) is 19.2 Å². The largest absolute Gasteiger partial charge is 0.493 e. The van der Waals surface area contributed by atoms with E-state index in [2.05, 4.69) is 15.9 Å². The Morgan fingerprint density at radius 1 is 1.40 bits per heavy atom. The Balaban J connectivity index is 2.27. The van der Waals surface area contributed by atoms with Gasteiger partial charge in [-0.1, -0.05) is 0 Å². The molecule has 0 saturated carbocycles. The van der Waals surface area contributed by atoms with Gasteiger partial charge in [0.15, 0.2) is 11.5 Å². The average Bonchev–Trinajstić information content (AvgIpc) is 2.49. The highest BCUT2D eigenvalue weighted by Crippen LogP contribution is 2.37. The van der Waals surface area contributed by atoms with Crippen molar-refractivity contribution in [1.29, 1.82) is 0 Å². The van der Waals surface area contributed by atoms with E-state index >= 15 is 0 Å². The van der Waals surface area contributed by atoms with Crippen molar-refractivity contribution < 1.29 is 14.3 Å². The zero-order valence-corrected chi connectivity index (χ0v) is 14.1. The summed E-state index contributed by atoms with van der Waals surface area (Å²) < 4.78 is 11.6. The van der Waals surface area contributed by atoms with Gasteiger partial charge in [0.25, 0.3) is 5.91 Å². The lowest BCUT2D eigenvalue weighted by atomic mass is 10.1. The molecule has 0 radical (unpaired) electrons. The maximum absolute atomic E-state index is 12.5. The number of halogens is 1. The fourth-order valence-electron chi connectivity index (χ4n) is 2.08. The first-order valence-corrected chi connectivity index (χ1v) is 8.49. The Kier molecular flexibility index (Phi) is 5.60. The van der Waals surface area contributed by atoms with Gasteiger partial charge in [0.2, 0.25) is 0 Å². The third-order valence-corrected chi connectivity index (χ3v) is 4.59. The van der Waals surface area contributed by atoms with Crippen LogP contribution in [-0.4, -0.2) is 49.1 Å². The first kappa shape index (κ1) is 15.5. The Morgan fingerprint density at radius 3 is 2.70 bits per heavy atom. The molecular weight excluding hydrogens is 342 g/mol. The summed E-state index contributed by atoms with van der Waals surface area (Å²) in [5.74, 6) is 3.27. The molecular formula is C14H18BrNO3S. The van der Waals surface area contributed by atoms with Crippen molar-refractivity contribution in [3.8, 4) is 11.5 Å². The summed E-state index contributed by atoms with van der Waals surface area (Å²) in [6.07, 6.45) is 0. The molecule has 1 heterocycles. The molecule has 0 spiro atoms. The van der Waals surface area contributed by atoms with Crippen molar-refractivity contribution in [2.75, 3.05) is 38.3 Å². The Morgan fingerprint density at radius 2 is 2.10 bits per heavy atom. The van der Waals surface area contributed by atoms with E-state index in [9.17, 15) is 4.79 Å². The van der Waals surface area contributed by atoms with Crippen LogP contribution in [0, 0.1) is 0 Å². The van der Waals surface area contributed by atoms with Gasteiger partial charge in [0, 0.05) is 30.2 Å². The van der Waals surface area contributed by atoms with Crippen LogP contribution in [0.15, 0.2) is 16.6 Å². The van der Waals surface area contributed by atoms with Gasteiger partial charge in [-0.05, 0) is 35.0 Å². The smallest absolute Gasteiger partial charge is 0.254 e. The Hall–Kier alpha value is -0.880. The zero-order valence-electron chi connectivity index (χ0n) is 11.6. The van der Waals surface area contributed by atoms with Gasteiger partial charge in [0.1, 0.15) is 0 Å². The summed E-state index contributed by atoms with van der Waals surface area (Å²) in [5.41, 5.74) is 0.629. The van der Waals surface area contributed by atoms with Crippen LogP contribution in [0.25, 0.3) is 0 Å². The van der Waals surface area contributed by atoms with E-state index in [4.69, 9.17) is 9.47 Å². The summed E-state index contributed by atoms with van der Waals surface area (Å²) in [6.45, 7) is 4.06. The molecule has 6 heteroatoms. The van der Waals surface area contributed by atoms with Crippen LogP contribution in [0.2, 0.25) is 0 Å². The third kappa shape index (κ3) is 3.41. The molecule has 0 atom stereocenters. The average molecular weight is 360 g/mol. The number of methoxy groups -OCH3 is 1. The summed E-state index contributed by atoms with van der Waals surface area (Å²) in [7, 11) is 1.58. The molecule has 0 aromatic heterocycles. The molecule has 1 fully saturated rings. The number of ether oxygens (including phenoxy) is 2. The fraction of sp³-hybridized carbons (Fsp3) is 0.500. The topological polar surface area (TPSA) is 38.8 Å². The molecule has 1 aromatic rings. The van der Waals surface area contributed by atoms with Crippen molar-refractivity contribution in [2.24, 2.45) is 0 Å². The highest BCUT2D eigenvalue weighted by molar-refractivity contribution is 9.10. The molecule has 0 N–H and O–H groups in total. The minimum atomic E-state index is 0.0485. The Labute approximate surface area is 131 Å². The number of benzene rings is 1. The SMILES string of the molecule is CCOc1c(Br)cc(C(=O)N2CCSCC2)cc1OC. The van der Waals surface area contributed by atoms with Crippen LogP contribution < -0.4 is 9.47 Å². The van der Waals surface area contributed by atoms with Crippen molar-refractivity contribution in [3.05, 3.63) is 22.2 Å². The molecule has 0 bridgehead atoms. The van der Waals surface area contributed by atoms with Crippen molar-refractivity contribution in [3.63, 3.8) is 0 Å². The molecule has 1 aromatic carbocycles. The molecule has 2 rings (SSSR count). The zero-order chi connectivity index (χ0) is 14.5. The summed E-state index contributed by atoms with van der Waals surface area (Å²) in [6, 6.07) is 3.55. The molecule has 1 saturated heterocycles. The molecule has 1 amide bonds. The molecule has 110 valence electrons. The van der Waals surface area contributed by atoms with E-state index in [1.807, 2.05) is 23.6 Å². The molecule has 20 heavy (non-hydrogen) atoms. The monoisotopic (exact) mass is 359 g/mol. The number of amides is 1. The number of hydrogen-bond acceptors (Lipinski definition) is 4. The Bertz CT molecular complexity index is 490. The van der Waals surface area contributed by atoms with E-state index < -0.39 is 0 Å². The van der Waals surface area contributed by atoms with Gasteiger partial charge in [0.05, 0.1) is 18.2 Å². The predicted molar refractivity (Wildman–Crippen MR) is 85.1 cm³/mol. The third-order valence-electron chi connectivity index (χ3n) is 3.06. The molecule has 1 aliphatic heterocycles. The van der Waals surface area contributed by atoms with Crippen molar-refractivity contribution >= 4 is 33.6 Å². The lowest BCUT2D eigenvalue weighted by Gasteiger charge is -2.26. The number of carbonyl (C=O) groups is 1. The number of thioether (sulfide) groups is 1. The van der Waals surface area contributed by atoms with Crippen LogP contribution in [0.4, 0.5) is 0 Å². The molecule has 0 aliphatic carbocycles. The van der Waals surface area contributed by atoms with E-state index in [-0.39, 0.29) is 5.91 Å². The van der Waals surface area contributed by atoms with Gasteiger partial charge in [-0.3, -0.25) is 4.79 Å². The van der Waals surface area contributed by atoms with Crippen LogP contribution in [0.1, 0.15) is 17.3 Å². The van der Waals surface area contributed by atoms with Gasteiger partial charge in [-0.2, -0.15) is 11.8 Å². The number of rotatable bonds is 4. The summed E-state index contributed by atoms with van der Waals surface area (Å²) >= 11 is 5.34. The second-order valence-corrected chi connectivity index (χ2v) is 6.41. The van der Waals surface area contributed by atoms with E-state index in [0.29, 0.717) is 23.7 Å². The highest BCUT2D eigenvalue weighted by atomic mass is 79.9. The number of nitrogens with zero attached hydrogens (tertiary/aromatic N) is 1. The summed E-state index contributed by atoms with van der Waals surface area (Å²) in [4.78, 5) is 14.4. The van der Waals surface area contributed by atoms with Crippen molar-refractivity contribution in [2.45, 2.75) is 6.92 Å². The van der Waals surface area contributed by atoms with Crippen LogP contribution >= 0.6 is 27.7 Å². The van der Waals surface area contributed by atoms with Gasteiger partial charge in [-0.25, -0.2) is 0 Å². The van der Waals surface area contributed by atoms with E-state index in [0.717, 1.165) is 29.1 Å². The van der Waals surface area contributed by atoms with Crippen LogP contribution in [0.3, 0.4) is 0 Å². The first-order valence-electron chi connectivity index (χ1n) is 6.54. The van der Waals surface area contributed by atoms with Gasteiger partial charge in [-0.15, -0.1) is 0 Å². The highest BCUT2D eigenvalue weighted by Gasteiger charge is 2.21. The first-order chi connectivity index (χ1) is 9.67. The fourth-order valence-corrected chi connectivity index (χ4v) is 3.54. The maximum Gasteiger partial charge on any atom is 0.254 e.